The largest absolute Gasteiger partial charge is 0.462 e. The van der Waals surface area contributed by atoms with Gasteiger partial charge in [-0.05, 0) is 37.5 Å². The van der Waals surface area contributed by atoms with E-state index in [9.17, 15) is 4.79 Å². The van der Waals surface area contributed by atoms with Gasteiger partial charge in [0.05, 0.1) is 29.2 Å². The molecule has 1 N–H and O–H groups in total. The molecule has 5 nitrogen and oxygen atoms in total. The molecule has 0 unspecified atom stereocenters. The summed E-state index contributed by atoms with van der Waals surface area (Å²) in [4.78, 5) is 22.2. The van der Waals surface area contributed by atoms with Crippen molar-refractivity contribution < 1.29 is 9.53 Å². The Bertz CT molecular complexity index is 1270. The number of hydrogen-bond acceptors (Lipinski definition) is 5. The Kier molecular flexibility index (Phi) is 5.38. The third-order valence-electron chi connectivity index (χ3n) is 5.64. The highest BCUT2D eigenvalue weighted by Crippen LogP contribution is 2.38. The van der Waals surface area contributed by atoms with E-state index >= 15 is 0 Å². The molecule has 0 spiro atoms. The van der Waals surface area contributed by atoms with Crippen LogP contribution >= 0.6 is 0 Å². The van der Waals surface area contributed by atoms with E-state index in [1.54, 1.807) is 13.0 Å². The topological polar surface area (TPSA) is 64.1 Å². The normalized spacial score (nSPS) is 11.9. The van der Waals surface area contributed by atoms with Crippen LogP contribution in [0.2, 0.25) is 0 Å². The van der Waals surface area contributed by atoms with Crippen molar-refractivity contribution >= 4 is 17.6 Å². The van der Waals surface area contributed by atoms with Crippen LogP contribution in [-0.2, 0) is 17.6 Å². The number of carbonyl (C=O) groups is 1. The molecule has 0 saturated carbocycles. The molecular weight excluding hydrogens is 398 g/mol. The lowest BCUT2D eigenvalue weighted by molar-refractivity contribution is 0.0527. The van der Waals surface area contributed by atoms with Crippen LogP contribution in [0.1, 0.15) is 28.4 Å². The molecule has 0 bridgehead atoms. The Hall–Kier alpha value is -3.99. The van der Waals surface area contributed by atoms with E-state index in [1.807, 2.05) is 42.5 Å². The number of benzene rings is 3. The molecule has 1 heterocycles. The van der Waals surface area contributed by atoms with Gasteiger partial charge in [0.25, 0.3) is 0 Å². The number of ether oxygens (including phenoxy) is 1. The molecule has 0 radical (unpaired) electrons. The number of anilines is 2. The number of esters is 1. The molecule has 3 aromatic carbocycles. The van der Waals surface area contributed by atoms with Crippen molar-refractivity contribution in [3.63, 3.8) is 0 Å². The first-order valence-electron chi connectivity index (χ1n) is 10.8. The molecule has 1 aliphatic rings. The van der Waals surface area contributed by atoms with Crippen molar-refractivity contribution in [2.45, 2.75) is 19.8 Å². The van der Waals surface area contributed by atoms with Gasteiger partial charge in [0.2, 0.25) is 5.95 Å². The maximum Gasteiger partial charge on any atom is 0.340 e. The van der Waals surface area contributed by atoms with Crippen LogP contribution in [0.25, 0.3) is 22.5 Å². The second kappa shape index (κ2) is 8.63. The predicted molar refractivity (Wildman–Crippen MR) is 126 cm³/mol. The van der Waals surface area contributed by atoms with Crippen molar-refractivity contribution in [3.8, 4) is 22.5 Å². The van der Waals surface area contributed by atoms with Crippen molar-refractivity contribution in [3.05, 3.63) is 95.6 Å². The van der Waals surface area contributed by atoms with E-state index < -0.39 is 0 Å². The summed E-state index contributed by atoms with van der Waals surface area (Å²) in [6, 6.07) is 25.8. The first kappa shape index (κ1) is 19.9. The van der Waals surface area contributed by atoms with E-state index in [2.05, 4.69) is 35.6 Å². The van der Waals surface area contributed by atoms with Crippen LogP contribution in [-0.4, -0.2) is 22.5 Å². The van der Waals surface area contributed by atoms with Crippen LogP contribution in [0.3, 0.4) is 0 Å². The van der Waals surface area contributed by atoms with Gasteiger partial charge in [-0.3, -0.25) is 0 Å². The highest BCUT2D eigenvalue weighted by molar-refractivity contribution is 5.96. The Balaban J connectivity index is 1.65. The summed E-state index contributed by atoms with van der Waals surface area (Å²) in [6.45, 7) is 2.11. The van der Waals surface area contributed by atoms with Gasteiger partial charge in [-0.15, -0.1) is 0 Å². The molecular formula is C27H23N3O2. The fraction of sp³-hybridized carbons (Fsp3) is 0.148. The number of aryl methyl sites for hydroxylation is 1. The third kappa shape index (κ3) is 3.73. The van der Waals surface area contributed by atoms with E-state index in [0.29, 0.717) is 23.8 Å². The average molecular weight is 422 g/mol. The van der Waals surface area contributed by atoms with Gasteiger partial charge in [0, 0.05) is 16.7 Å². The number of fused-ring (bicyclic) bond motifs is 3. The molecule has 0 aliphatic heterocycles. The highest BCUT2D eigenvalue weighted by Gasteiger charge is 2.23. The van der Waals surface area contributed by atoms with Crippen molar-refractivity contribution in [1.29, 1.82) is 0 Å². The SMILES string of the molecule is CCOC(=O)c1ccccc1Nc1nc(-c2ccccc2)c2c(n1)-c1ccccc1CC2. The summed E-state index contributed by atoms with van der Waals surface area (Å²) in [5, 5.41) is 3.28. The summed E-state index contributed by atoms with van der Waals surface area (Å²) < 4.78 is 5.22. The van der Waals surface area contributed by atoms with Gasteiger partial charge in [-0.2, -0.15) is 0 Å². The summed E-state index contributed by atoms with van der Waals surface area (Å²) in [5.41, 5.74) is 7.56. The van der Waals surface area contributed by atoms with E-state index in [4.69, 9.17) is 14.7 Å². The first-order chi connectivity index (χ1) is 15.7. The molecule has 4 aromatic rings. The lowest BCUT2D eigenvalue weighted by atomic mass is 9.87. The molecule has 158 valence electrons. The molecule has 1 aliphatic carbocycles. The van der Waals surface area contributed by atoms with Crippen LogP contribution < -0.4 is 5.32 Å². The average Bonchev–Trinajstić information content (AvgIpc) is 2.84. The summed E-state index contributed by atoms with van der Waals surface area (Å²) in [7, 11) is 0. The van der Waals surface area contributed by atoms with Crippen LogP contribution in [0.5, 0.6) is 0 Å². The zero-order chi connectivity index (χ0) is 21.9. The minimum absolute atomic E-state index is 0.317. The number of hydrogen-bond donors (Lipinski definition) is 1. The maximum absolute atomic E-state index is 12.4. The van der Waals surface area contributed by atoms with E-state index in [-0.39, 0.29) is 5.97 Å². The Morgan fingerprint density at radius 2 is 1.59 bits per heavy atom. The lowest BCUT2D eigenvalue weighted by Gasteiger charge is -2.22. The first-order valence-corrected chi connectivity index (χ1v) is 10.8. The van der Waals surface area contributed by atoms with Gasteiger partial charge in [0.15, 0.2) is 0 Å². The van der Waals surface area contributed by atoms with E-state index in [0.717, 1.165) is 40.9 Å². The fourth-order valence-corrected chi connectivity index (χ4v) is 4.16. The molecule has 0 atom stereocenters. The second-order valence-electron chi connectivity index (χ2n) is 7.64. The standard InChI is InChI=1S/C27H23N3O2/c1-2-32-26(31)21-14-8-9-15-23(21)28-27-29-24(19-11-4-3-5-12-19)22-17-16-18-10-6-7-13-20(18)25(22)30-27/h3-15H,2,16-17H2,1H3,(H,28,29,30). The predicted octanol–water partition coefficient (Wildman–Crippen LogP) is 5.83. The van der Waals surface area contributed by atoms with Crippen molar-refractivity contribution in [2.75, 3.05) is 11.9 Å². The third-order valence-corrected chi connectivity index (χ3v) is 5.64. The van der Waals surface area contributed by atoms with Crippen LogP contribution in [0.15, 0.2) is 78.9 Å². The van der Waals surface area contributed by atoms with Gasteiger partial charge >= 0.3 is 5.97 Å². The number of aromatic nitrogens is 2. The summed E-state index contributed by atoms with van der Waals surface area (Å²) in [5.74, 6) is 0.0817. The smallest absolute Gasteiger partial charge is 0.340 e. The molecule has 0 saturated heterocycles. The number of nitrogens with zero attached hydrogens (tertiary/aromatic N) is 2. The molecule has 0 amide bonds. The summed E-state index contributed by atoms with van der Waals surface area (Å²) >= 11 is 0. The molecule has 5 rings (SSSR count). The van der Waals surface area contributed by atoms with Gasteiger partial charge < -0.3 is 10.1 Å². The number of para-hydroxylation sites is 1. The quantitative estimate of drug-likeness (QED) is 0.411. The van der Waals surface area contributed by atoms with E-state index in [1.165, 1.54) is 5.56 Å². The lowest BCUT2D eigenvalue weighted by Crippen LogP contribution is -2.12. The highest BCUT2D eigenvalue weighted by atomic mass is 16.5. The Labute approximate surface area is 187 Å². The Morgan fingerprint density at radius 3 is 2.44 bits per heavy atom. The Morgan fingerprint density at radius 1 is 0.875 bits per heavy atom. The van der Waals surface area contributed by atoms with Crippen molar-refractivity contribution in [1.82, 2.24) is 9.97 Å². The van der Waals surface area contributed by atoms with Gasteiger partial charge in [-0.1, -0.05) is 66.7 Å². The number of carbonyl (C=O) groups excluding carboxylic acids is 1. The zero-order valence-electron chi connectivity index (χ0n) is 17.8. The van der Waals surface area contributed by atoms with Crippen molar-refractivity contribution in [2.24, 2.45) is 0 Å². The minimum atomic E-state index is -0.373. The molecule has 0 fully saturated rings. The minimum Gasteiger partial charge on any atom is -0.462 e. The van der Waals surface area contributed by atoms with Crippen LogP contribution in [0.4, 0.5) is 11.6 Å². The summed E-state index contributed by atoms with van der Waals surface area (Å²) in [6.07, 6.45) is 1.85. The fourth-order valence-electron chi connectivity index (χ4n) is 4.16. The molecule has 32 heavy (non-hydrogen) atoms. The van der Waals surface area contributed by atoms with Crippen LogP contribution in [0, 0.1) is 0 Å². The van der Waals surface area contributed by atoms with Gasteiger partial charge in [0.1, 0.15) is 0 Å². The monoisotopic (exact) mass is 421 g/mol. The zero-order valence-corrected chi connectivity index (χ0v) is 17.8. The number of nitrogens with one attached hydrogen (secondary N) is 1. The second-order valence-corrected chi connectivity index (χ2v) is 7.64. The number of rotatable bonds is 5. The molecule has 5 heteroatoms. The van der Waals surface area contributed by atoms with Gasteiger partial charge in [-0.25, -0.2) is 14.8 Å². The molecule has 1 aromatic heterocycles. The maximum atomic E-state index is 12.4.